The van der Waals surface area contributed by atoms with Crippen molar-refractivity contribution in [2.75, 3.05) is 42.2 Å². The first-order chi connectivity index (χ1) is 15.5. The van der Waals surface area contributed by atoms with Gasteiger partial charge in [-0.15, -0.1) is 0 Å². The molecule has 0 aromatic carbocycles. The number of ether oxygens (including phenoxy) is 6. The summed E-state index contributed by atoms with van der Waals surface area (Å²) in [7, 11) is 8.16. The van der Waals surface area contributed by atoms with Gasteiger partial charge in [-0.25, -0.2) is 0 Å². The summed E-state index contributed by atoms with van der Waals surface area (Å²) in [6, 6.07) is 0. The smallest absolute Gasteiger partial charge is 0.174 e. The molecule has 9 atom stereocenters. The predicted molar refractivity (Wildman–Crippen MR) is 120 cm³/mol. The van der Waals surface area contributed by atoms with Gasteiger partial charge in [0.1, 0.15) is 17.3 Å². The van der Waals surface area contributed by atoms with Crippen molar-refractivity contribution in [1.29, 1.82) is 0 Å². The second-order valence-electron chi connectivity index (χ2n) is 10.9. The zero-order valence-corrected chi connectivity index (χ0v) is 21.4. The van der Waals surface area contributed by atoms with Gasteiger partial charge in [-0.2, -0.15) is 0 Å². The average Bonchev–Trinajstić information content (AvgIpc) is 2.77. The summed E-state index contributed by atoms with van der Waals surface area (Å²) in [5, 5.41) is 11.2. The van der Waals surface area contributed by atoms with Crippen LogP contribution in [0.2, 0.25) is 0 Å². The van der Waals surface area contributed by atoms with Crippen LogP contribution in [0.4, 0.5) is 0 Å². The molecule has 1 aliphatic heterocycles. The van der Waals surface area contributed by atoms with E-state index in [0.29, 0.717) is 19.4 Å². The minimum absolute atomic E-state index is 0.0908. The molecule has 4 aliphatic rings. The summed E-state index contributed by atoms with van der Waals surface area (Å²) in [5.41, 5.74) is -1.90. The van der Waals surface area contributed by atoms with Gasteiger partial charge in [0.15, 0.2) is 5.78 Å². The van der Waals surface area contributed by atoms with Crippen LogP contribution < -0.4 is 0 Å². The fourth-order valence-electron chi connectivity index (χ4n) is 7.90. The van der Waals surface area contributed by atoms with Crippen molar-refractivity contribution in [2.24, 2.45) is 16.7 Å². The Kier molecular flexibility index (Phi) is 6.18. The molecule has 3 fully saturated rings. The molecule has 8 nitrogen and oxygen atoms in total. The molecular formula is C25H40O8. The number of Topliss-reactive ketones (excluding diaryl/α,β-unsaturated/α-hetero) is 1. The average molecular weight is 469 g/mol. The Bertz CT molecular complexity index is 834. The molecule has 4 rings (SSSR count). The first-order valence-electron chi connectivity index (χ1n) is 11.7. The highest BCUT2D eigenvalue weighted by atomic mass is 16.6. The first kappa shape index (κ1) is 25.2. The fraction of sp³-hybridized carbons (Fsp3) is 0.880. The molecule has 0 amide bonds. The molecule has 2 saturated carbocycles. The fourth-order valence-corrected chi connectivity index (χ4v) is 7.90. The standard InChI is InChI=1S/C25H40O8/c1-13-14(26)11-25(32-9)21(30-7)19-23(4,20(27)18(29-6)17(13)22(25,2)3)15(28-5)10-16-24(19,31-8)12-33-16/h14-16,18-19,21,26H,10-12H2,1-9H3. The van der Waals surface area contributed by atoms with Crippen LogP contribution in [0.1, 0.15) is 40.5 Å². The highest BCUT2D eigenvalue weighted by Crippen LogP contribution is 2.64. The number of rotatable bonds is 5. The topological polar surface area (TPSA) is 92.7 Å². The molecule has 0 aromatic heterocycles. The van der Waals surface area contributed by atoms with Crippen molar-refractivity contribution < 1.29 is 38.3 Å². The summed E-state index contributed by atoms with van der Waals surface area (Å²) in [5.74, 6) is -0.555. The van der Waals surface area contributed by atoms with Gasteiger partial charge in [0.05, 0.1) is 36.4 Å². The van der Waals surface area contributed by atoms with Crippen LogP contribution in [0.25, 0.3) is 0 Å². The number of fused-ring (bicyclic) bond motifs is 5. The molecule has 3 aliphatic carbocycles. The first-order valence-corrected chi connectivity index (χ1v) is 11.7. The summed E-state index contributed by atoms with van der Waals surface area (Å²) in [4.78, 5) is 14.6. The molecule has 1 heterocycles. The molecule has 33 heavy (non-hydrogen) atoms. The maximum Gasteiger partial charge on any atom is 0.174 e. The number of aliphatic hydroxyl groups excluding tert-OH is 1. The van der Waals surface area contributed by atoms with Crippen LogP contribution in [0.5, 0.6) is 0 Å². The van der Waals surface area contributed by atoms with E-state index in [4.69, 9.17) is 28.4 Å². The Morgan fingerprint density at radius 1 is 1.00 bits per heavy atom. The molecule has 0 aromatic rings. The molecule has 188 valence electrons. The van der Waals surface area contributed by atoms with Crippen LogP contribution >= 0.6 is 0 Å². The molecule has 2 bridgehead atoms. The highest BCUT2D eigenvalue weighted by Gasteiger charge is 2.76. The Labute approximate surface area is 196 Å². The van der Waals surface area contributed by atoms with Crippen molar-refractivity contribution in [3.8, 4) is 0 Å². The van der Waals surface area contributed by atoms with E-state index in [9.17, 15) is 9.90 Å². The third-order valence-electron chi connectivity index (χ3n) is 9.79. The number of methoxy groups -OCH3 is 5. The van der Waals surface area contributed by atoms with Gasteiger partial charge in [0.25, 0.3) is 0 Å². The van der Waals surface area contributed by atoms with Gasteiger partial charge < -0.3 is 33.5 Å². The van der Waals surface area contributed by atoms with Crippen LogP contribution in [-0.4, -0.2) is 94.8 Å². The van der Waals surface area contributed by atoms with Gasteiger partial charge in [-0.1, -0.05) is 13.8 Å². The van der Waals surface area contributed by atoms with Gasteiger partial charge in [0, 0.05) is 59.7 Å². The van der Waals surface area contributed by atoms with E-state index < -0.39 is 52.4 Å². The maximum absolute atomic E-state index is 14.6. The van der Waals surface area contributed by atoms with Crippen molar-refractivity contribution in [3.05, 3.63) is 11.1 Å². The molecule has 9 unspecified atom stereocenters. The van der Waals surface area contributed by atoms with E-state index in [-0.39, 0.29) is 11.9 Å². The van der Waals surface area contributed by atoms with Gasteiger partial charge in [-0.05, 0) is 25.0 Å². The Hall–Kier alpha value is -0.870. The second kappa shape index (κ2) is 8.08. The second-order valence-corrected chi connectivity index (χ2v) is 10.9. The number of carbonyl (C=O) groups is 1. The predicted octanol–water partition coefficient (Wildman–Crippen LogP) is 1.92. The number of hydrogen-bond acceptors (Lipinski definition) is 8. The van der Waals surface area contributed by atoms with Gasteiger partial charge in [-0.3, -0.25) is 4.79 Å². The van der Waals surface area contributed by atoms with Crippen LogP contribution in [0.15, 0.2) is 11.1 Å². The number of aliphatic hydroxyl groups is 1. The lowest BCUT2D eigenvalue weighted by Crippen LogP contribution is -2.81. The quantitative estimate of drug-likeness (QED) is 0.612. The van der Waals surface area contributed by atoms with Crippen LogP contribution in [-0.2, 0) is 33.2 Å². The lowest BCUT2D eigenvalue weighted by molar-refractivity contribution is -0.356. The lowest BCUT2D eigenvalue weighted by Gasteiger charge is -2.69. The third-order valence-corrected chi connectivity index (χ3v) is 9.79. The van der Waals surface area contributed by atoms with Gasteiger partial charge >= 0.3 is 0 Å². The number of ketones is 1. The summed E-state index contributed by atoms with van der Waals surface area (Å²) in [6.45, 7) is 8.29. The van der Waals surface area contributed by atoms with Crippen LogP contribution in [0, 0.1) is 16.7 Å². The number of hydrogen-bond donors (Lipinski definition) is 1. The van der Waals surface area contributed by atoms with E-state index >= 15 is 0 Å². The zero-order chi connectivity index (χ0) is 24.6. The Balaban J connectivity index is 2.10. The largest absolute Gasteiger partial charge is 0.389 e. The Morgan fingerprint density at radius 3 is 2.12 bits per heavy atom. The molecule has 0 radical (unpaired) electrons. The van der Waals surface area contributed by atoms with E-state index in [1.54, 1.807) is 35.5 Å². The minimum Gasteiger partial charge on any atom is -0.389 e. The number of carbonyl (C=O) groups excluding carboxylic acids is 1. The van der Waals surface area contributed by atoms with Crippen molar-refractivity contribution >= 4 is 5.78 Å². The van der Waals surface area contributed by atoms with E-state index in [1.165, 1.54) is 0 Å². The zero-order valence-electron chi connectivity index (χ0n) is 21.4. The summed E-state index contributed by atoms with van der Waals surface area (Å²) in [6.07, 6.45) is -2.07. The van der Waals surface area contributed by atoms with E-state index in [1.807, 2.05) is 13.8 Å². The van der Waals surface area contributed by atoms with E-state index in [2.05, 4.69) is 13.8 Å². The van der Waals surface area contributed by atoms with Gasteiger partial charge in [0.2, 0.25) is 0 Å². The van der Waals surface area contributed by atoms with Crippen molar-refractivity contribution in [2.45, 2.75) is 82.3 Å². The third kappa shape index (κ3) is 2.80. The summed E-state index contributed by atoms with van der Waals surface area (Å²) >= 11 is 0. The molecule has 0 spiro atoms. The molecule has 1 saturated heterocycles. The van der Waals surface area contributed by atoms with Crippen LogP contribution in [0.3, 0.4) is 0 Å². The molecule has 1 N–H and O–H groups in total. The van der Waals surface area contributed by atoms with E-state index in [0.717, 1.165) is 11.1 Å². The van der Waals surface area contributed by atoms with Crippen molar-refractivity contribution in [1.82, 2.24) is 0 Å². The highest BCUT2D eigenvalue weighted by molar-refractivity contribution is 5.93. The summed E-state index contributed by atoms with van der Waals surface area (Å²) < 4.78 is 36.8. The lowest BCUT2D eigenvalue weighted by atomic mass is 9.44. The Morgan fingerprint density at radius 2 is 1.67 bits per heavy atom. The molecular weight excluding hydrogens is 428 g/mol. The van der Waals surface area contributed by atoms with Crippen molar-refractivity contribution in [3.63, 3.8) is 0 Å². The molecule has 8 heteroatoms. The normalized spacial score (nSPS) is 49.0. The SMILES string of the molecule is COC1C(=O)C2(C)C(OC)CC3OCC3(OC)C2C(OC)C2(OC)CC(O)C(C)=C1C2(C)C. The minimum atomic E-state index is -1.01. The monoisotopic (exact) mass is 468 g/mol. The maximum atomic E-state index is 14.6.